The number of carbonyl (C=O) groups is 1. The van der Waals surface area contributed by atoms with Gasteiger partial charge in [-0.1, -0.05) is 39.8 Å². The average Bonchev–Trinajstić information content (AvgIpc) is 2.63. The van der Waals surface area contributed by atoms with Gasteiger partial charge >= 0.3 is 5.97 Å². The SMILES string of the molecule is CN(C)C(=Nc1ccc(C(=O)O)cc1)c1ccc2c(c1)C(C)(C)CCC2(C)C. The Morgan fingerprint density at radius 3 is 1.96 bits per heavy atom. The highest BCUT2D eigenvalue weighted by Gasteiger charge is 2.37. The first-order valence-electron chi connectivity index (χ1n) is 9.76. The standard InChI is InChI=1S/C24H30N2O2/c1-23(2)13-14-24(3,4)20-15-17(9-12-19(20)23)21(26(5)6)25-18-10-7-16(8-11-18)22(27)28/h7-12,15H,13-14H2,1-6H3,(H,27,28). The summed E-state index contributed by atoms with van der Waals surface area (Å²) in [4.78, 5) is 17.9. The van der Waals surface area contributed by atoms with Crippen LogP contribution in [0.4, 0.5) is 5.69 Å². The molecular formula is C24H30N2O2. The fourth-order valence-electron chi connectivity index (χ4n) is 3.95. The number of amidine groups is 1. The molecule has 4 nitrogen and oxygen atoms in total. The summed E-state index contributed by atoms with van der Waals surface area (Å²) in [6.45, 7) is 9.29. The molecule has 148 valence electrons. The summed E-state index contributed by atoms with van der Waals surface area (Å²) >= 11 is 0. The van der Waals surface area contributed by atoms with Gasteiger partial charge in [0, 0.05) is 19.7 Å². The van der Waals surface area contributed by atoms with Crippen molar-refractivity contribution in [2.75, 3.05) is 14.1 Å². The van der Waals surface area contributed by atoms with Crippen LogP contribution in [0.2, 0.25) is 0 Å². The maximum absolute atomic E-state index is 11.1. The predicted molar refractivity (Wildman–Crippen MR) is 115 cm³/mol. The number of hydrogen-bond donors (Lipinski definition) is 1. The molecule has 2 aromatic rings. The van der Waals surface area contributed by atoms with Gasteiger partial charge in [-0.25, -0.2) is 9.79 Å². The highest BCUT2D eigenvalue weighted by molar-refractivity contribution is 6.00. The smallest absolute Gasteiger partial charge is 0.335 e. The molecule has 0 unspecified atom stereocenters. The first-order valence-corrected chi connectivity index (χ1v) is 9.76. The lowest BCUT2D eigenvalue weighted by molar-refractivity contribution is 0.0697. The van der Waals surface area contributed by atoms with Gasteiger partial charge in [0.05, 0.1) is 11.3 Å². The lowest BCUT2D eigenvalue weighted by Crippen LogP contribution is -2.34. The molecule has 4 heteroatoms. The second kappa shape index (κ2) is 7.08. The Hall–Kier alpha value is -2.62. The maximum Gasteiger partial charge on any atom is 0.335 e. The van der Waals surface area contributed by atoms with Crippen LogP contribution < -0.4 is 0 Å². The number of nitrogens with zero attached hydrogens (tertiary/aromatic N) is 2. The normalized spacial score (nSPS) is 17.7. The van der Waals surface area contributed by atoms with Crippen LogP contribution in [0.15, 0.2) is 47.5 Å². The minimum absolute atomic E-state index is 0.140. The molecule has 28 heavy (non-hydrogen) atoms. The van der Waals surface area contributed by atoms with Gasteiger partial charge in [-0.15, -0.1) is 0 Å². The van der Waals surface area contributed by atoms with E-state index in [4.69, 9.17) is 10.1 Å². The van der Waals surface area contributed by atoms with E-state index in [1.807, 2.05) is 19.0 Å². The molecule has 0 bridgehead atoms. The summed E-state index contributed by atoms with van der Waals surface area (Å²) in [5, 5.41) is 9.08. The van der Waals surface area contributed by atoms with E-state index >= 15 is 0 Å². The van der Waals surface area contributed by atoms with Gasteiger partial charge in [0.1, 0.15) is 5.84 Å². The largest absolute Gasteiger partial charge is 0.478 e. The van der Waals surface area contributed by atoms with Crippen molar-refractivity contribution in [3.8, 4) is 0 Å². The highest BCUT2D eigenvalue weighted by atomic mass is 16.4. The van der Waals surface area contributed by atoms with Crippen LogP contribution >= 0.6 is 0 Å². The zero-order chi connectivity index (χ0) is 20.7. The van der Waals surface area contributed by atoms with Gasteiger partial charge < -0.3 is 10.0 Å². The van der Waals surface area contributed by atoms with Crippen molar-refractivity contribution in [1.82, 2.24) is 4.90 Å². The van der Waals surface area contributed by atoms with Crippen molar-refractivity contribution < 1.29 is 9.90 Å². The van der Waals surface area contributed by atoms with Crippen molar-refractivity contribution in [1.29, 1.82) is 0 Å². The summed E-state index contributed by atoms with van der Waals surface area (Å²) < 4.78 is 0. The number of carboxylic acids is 1. The van der Waals surface area contributed by atoms with Crippen LogP contribution in [-0.2, 0) is 10.8 Å². The van der Waals surface area contributed by atoms with Crippen LogP contribution in [0.5, 0.6) is 0 Å². The molecule has 0 saturated carbocycles. The highest BCUT2D eigenvalue weighted by Crippen LogP contribution is 2.46. The van der Waals surface area contributed by atoms with Crippen molar-refractivity contribution in [3.63, 3.8) is 0 Å². The molecule has 0 aliphatic heterocycles. The number of rotatable bonds is 3. The minimum atomic E-state index is -0.928. The van der Waals surface area contributed by atoms with E-state index in [1.54, 1.807) is 24.3 Å². The molecule has 0 radical (unpaired) electrons. The van der Waals surface area contributed by atoms with Gasteiger partial charge in [-0.2, -0.15) is 0 Å². The van der Waals surface area contributed by atoms with E-state index < -0.39 is 5.97 Å². The molecule has 2 aromatic carbocycles. The lowest BCUT2D eigenvalue weighted by Gasteiger charge is -2.42. The van der Waals surface area contributed by atoms with E-state index in [0.717, 1.165) is 17.1 Å². The van der Waals surface area contributed by atoms with E-state index in [0.29, 0.717) is 0 Å². The van der Waals surface area contributed by atoms with E-state index in [1.165, 1.54) is 24.0 Å². The Bertz CT molecular complexity index is 922. The predicted octanol–water partition coefficient (Wildman–Crippen LogP) is 5.37. The molecule has 0 saturated heterocycles. The number of fused-ring (bicyclic) bond motifs is 1. The van der Waals surface area contributed by atoms with Crippen LogP contribution in [0.3, 0.4) is 0 Å². The quantitative estimate of drug-likeness (QED) is 0.577. The van der Waals surface area contributed by atoms with Gasteiger partial charge in [0.25, 0.3) is 0 Å². The maximum atomic E-state index is 11.1. The van der Waals surface area contributed by atoms with E-state index in [-0.39, 0.29) is 16.4 Å². The fourth-order valence-corrected chi connectivity index (χ4v) is 3.95. The van der Waals surface area contributed by atoms with Crippen LogP contribution in [0.25, 0.3) is 0 Å². The van der Waals surface area contributed by atoms with Crippen LogP contribution in [0.1, 0.15) is 67.6 Å². The molecule has 3 rings (SSSR count). The number of hydrogen-bond acceptors (Lipinski definition) is 2. The Morgan fingerprint density at radius 1 is 0.893 bits per heavy atom. The van der Waals surface area contributed by atoms with Crippen LogP contribution in [-0.4, -0.2) is 35.9 Å². The summed E-state index contributed by atoms with van der Waals surface area (Å²) in [6, 6.07) is 13.4. The fraction of sp³-hybridized carbons (Fsp3) is 0.417. The monoisotopic (exact) mass is 378 g/mol. The second-order valence-electron chi connectivity index (χ2n) is 9.21. The minimum Gasteiger partial charge on any atom is -0.478 e. The number of benzene rings is 2. The third-order valence-electron chi connectivity index (χ3n) is 5.88. The first-order chi connectivity index (χ1) is 13.0. The van der Waals surface area contributed by atoms with E-state index in [2.05, 4.69) is 45.9 Å². The van der Waals surface area contributed by atoms with Gasteiger partial charge in [0.2, 0.25) is 0 Å². The molecule has 1 aliphatic rings. The topological polar surface area (TPSA) is 52.9 Å². The Kier molecular flexibility index (Phi) is 5.09. The zero-order valence-electron chi connectivity index (χ0n) is 17.7. The summed E-state index contributed by atoms with van der Waals surface area (Å²) in [6.07, 6.45) is 2.36. The first kappa shape index (κ1) is 20.1. The summed E-state index contributed by atoms with van der Waals surface area (Å²) in [5.41, 5.74) is 5.24. The Labute approximate surface area is 167 Å². The molecule has 0 amide bonds. The average molecular weight is 379 g/mol. The molecule has 1 N–H and O–H groups in total. The molecule has 0 spiro atoms. The van der Waals surface area contributed by atoms with Crippen LogP contribution in [0, 0.1) is 0 Å². The lowest BCUT2D eigenvalue weighted by atomic mass is 9.63. The Morgan fingerprint density at radius 2 is 1.43 bits per heavy atom. The third-order valence-corrected chi connectivity index (χ3v) is 5.88. The van der Waals surface area contributed by atoms with Gasteiger partial charge in [0.15, 0.2) is 0 Å². The third kappa shape index (κ3) is 3.82. The molecule has 0 atom stereocenters. The number of aliphatic imine (C=N–C) groups is 1. The molecule has 1 aliphatic carbocycles. The molecule has 0 fully saturated rings. The molecular weight excluding hydrogens is 348 g/mol. The van der Waals surface area contributed by atoms with Crippen molar-refractivity contribution in [2.24, 2.45) is 4.99 Å². The van der Waals surface area contributed by atoms with Gasteiger partial charge in [-0.05, 0) is 65.1 Å². The van der Waals surface area contributed by atoms with Crippen molar-refractivity contribution >= 4 is 17.5 Å². The van der Waals surface area contributed by atoms with Crippen molar-refractivity contribution in [2.45, 2.75) is 51.4 Å². The van der Waals surface area contributed by atoms with Gasteiger partial charge in [-0.3, -0.25) is 0 Å². The summed E-state index contributed by atoms with van der Waals surface area (Å²) in [7, 11) is 3.97. The number of aromatic carboxylic acids is 1. The Balaban J connectivity index is 2.07. The van der Waals surface area contributed by atoms with Crippen molar-refractivity contribution in [3.05, 3.63) is 64.7 Å². The zero-order valence-corrected chi connectivity index (χ0v) is 17.7. The molecule has 0 aromatic heterocycles. The molecule has 0 heterocycles. The summed E-state index contributed by atoms with van der Waals surface area (Å²) in [5.74, 6) is -0.0621. The second-order valence-corrected chi connectivity index (χ2v) is 9.21. The number of carboxylic acid groups (broad SMARTS) is 1. The van der Waals surface area contributed by atoms with E-state index in [9.17, 15) is 4.79 Å².